The summed E-state index contributed by atoms with van der Waals surface area (Å²) in [5.41, 5.74) is 7.26. The molecule has 0 aliphatic heterocycles. The zero-order chi connectivity index (χ0) is 13.1. The highest BCUT2D eigenvalue weighted by molar-refractivity contribution is 7.80. The van der Waals surface area contributed by atoms with Gasteiger partial charge in [0.05, 0.1) is 11.9 Å². The van der Waals surface area contributed by atoms with Crippen LogP contribution in [0.2, 0.25) is 0 Å². The molecule has 18 heavy (non-hydrogen) atoms. The van der Waals surface area contributed by atoms with E-state index in [-0.39, 0.29) is 10.6 Å². The van der Waals surface area contributed by atoms with E-state index in [1.165, 1.54) is 6.07 Å². The van der Waals surface area contributed by atoms with Crippen LogP contribution in [0.1, 0.15) is 5.56 Å². The van der Waals surface area contributed by atoms with Crippen molar-refractivity contribution in [3.05, 3.63) is 54.1 Å². The third-order valence-corrected chi connectivity index (χ3v) is 2.86. The number of thiocarbonyl (C=S) groups is 1. The van der Waals surface area contributed by atoms with Gasteiger partial charge in [0.25, 0.3) is 0 Å². The van der Waals surface area contributed by atoms with Gasteiger partial charge in [-0.15, -0.1) is 0 Å². The molecule has 0 spiro atoms. The third-order valence-electron chi connectivity index (χ3n) is 2.64. The van der Waals surface area contributed by atoms with E-state index in [9.17, 15) is 4.39 Å². The van der Waals surface area contributed by atoms with Crippen LogP contribution in [-0.4, -0.2) is 17.0 Å². The molecule has 5 heteroatoms. The van der Waals surface area contributed by atoms with Crippen molar-refractivity contribution >= 4 is 28.6 Å². The van der Waals surface area contributed by atoms with Gasteiger partial charge >= 0.3 is 0 Å². The first kappa shape index (κ1) is 12.4. The highest BCUT2D eigenvalue weighted by Gasteiger charge is 2.09. The van der Waals surface area contributed by atoms with Crippen molar-refractivity contribution in [2.45, 2.75) is 0 Å². The molecule has 0 saturated carbocycles. The van der Waals surface area contributed by atoms with Crippen LogP contribution in [0.5, 0.6) is 0 Å². The standard InChI is InChI=1S/C13H12FN3S/c1-17(10-3-2-6-16-8-10)9-4-5-11(13(15)18)12(14)7-9/h2-8H,1H3,(H2,15,18). The molecule has 2 aromatic rings. The number of anilines is 2. The monoisotopic (exact) mass is 261 g/mol. The summed E-state index contributed by atoms with van der Waals surface area (Å²) in [6.07, 6.45) is 3.40. The molecular weight excluding hydrogens is 249 g/mol. The Bertz CT molecular complexity index is 572. The molecule has 92 valence electrons. The Kier molecular flexibility index (Phi) is 3.53. The van der Waals surface area contributed by atoms with E-state index >= 15 is 0 Å². The van der Waals surface area contributed by atoms with E-state index in [4.69, 9.17) is 18.0 Å². The van der Waals surface area contributed by atoms with Crippen LogP contribution in [0, 0.1) is 5.82 Å². The smallest absolute Gasteiger partial charge is 0.135 e. The Hall–Kier alpha value is -2.01. The lowest BCUT2D eigenvalue weighted by atomic mass is 10.1. The van der Waals surface area contributed by atoms with Crippen molar-refractivity contribution < 1.29 is 4.39 Å². The first-order valence-electron chi connectivity index (χ1n) is 5.32. The first-order chi connectivity index (χ1) is 8.59. The van der Waals surface area contributed by atoms with E-state index in [1.54, 1.807) is 24.5 Å². The highest BCUT2D eigenvalue weighted by Crippen LogP contribution is 2.24. The minimum atomic E-state index is -0.421. The molecule has 0 bridgehead atoms. The van der Waals surface area contributed by atoms with Crippen LogP contribution in [0.15, 0.2) is 42.7 Å². The number of nitrogens with two attached hydrogens (primary N) is 1. The minimum Gasteiger partial charge on any atom is -0.389 e. The number of nitrogens with zero attached hydrogens (tertiary/aromatic N) is 2. The molecule has 1 heterocycles. The van der Waals surface area contributed by atoms with Crippen molar-refractivity contribution in [2.75, 3.05) is 11.9 Å². The van der Waals surface area contributed by atoms with Crippen molar-refractivity contribution in [2.24, 2.45) is 5.73 Å². The highest BCUT2D eigenvalue weighted by atomic mass is 32.1. The molecule has 3 nitrogen and oxygen atoms in total. The number of halogens is 1. The topological polar surface area (TPSA) is 42.2 Å². The van der Waals surface area contributed by atoms with Gasteiger partial charge in [-0.2, -0.15) is 0 Å². The lowest BCUT2D eigenvalue weighted by molar-refractivity contribution is 0.625. The fourth-order valence-corrected chi connectivity index (χ4v) is 1.78. The summed E-state index contributed by atoms with van der Waals surface area (Å²) in [5.74, 6) is -0.421. The quantitative estimate of drug-likeness (QED) is 0.862. The summed E-state index contributed by atoms with van der Waals surface area (Å²) >= 11 is 4.77. The van der Waals surface area contributed by atoms with Crippen molar-refractivity contribution in [3.63, 3.8) is 0 Å². The minimum absolute atomic E-state index is 0.0584. The second-order valence-corrected chi connectivity index (χ2v) is 4.24. The predicted molar refractivity (Wildman–Crippen MR) is 74.6 cm³/mol. The second-order valence-electron chi connectivity index (χ2n) is 3.80. The molecule has 1 aromatic heterocycles. The summed E-state index contributed by atoms with van der Waals surface area (Å²) in [7, 11) is 1.84. The largest absolute Gasteiger partial charge is 0.389 e. The van der Waals surface area contributed by atoms with Crippen molar-refractivity contribution in [1.29, 1.82) is 0 Å². The summed E-state index contributed by atoms with van der Waals surface area (Å²) in [6, 6.07) is 8.48. The first-order valence-corrected chi connectivity index (χ1v) is 5.73. The maximum absolute atomic E-state index is 13.8. The summed E-state index contributed by atoms with van der Waals surface area (Å²) in [4.78, 5) is 5.91. The average Bonchev–Trinajstić information content (AvgIpc) is 2.38. The molecule has 0 fully saturated rings. The molecule has 0 aliphatic rings. The van der Waals surface area contributed by atoms with Crippen LogP contribution in [-0.2, 0) is 0 Å². The van der Waals surface area contributed by atoms with Gasteiger partial charge in [-0.3, -0.25) is 4.98 Å². The third kappa shape index (κ3) is 2.46. The van der Waals surface area contributed by atoms with Crippen molar-refractivity contribution in [1.82, 2.24) is 4.98 Å². The van der Waals surface area contributed by atoms with Crippen LogP contribution in [0.25, 0.3) is 0 Å². The van der Waals surface area contributed by atoms with E-state index in [2.05, 4.69) is 4.98 Å². The van der Waals surface area contributed by atoms with Gasteiger partial charge in [0.1, 0.15) is 10.8 Å². The van der Waals surface area contributed by atoms with E-state index in [0.717, 1.165) is 5.69 Å². The number of pyridine rings is 1. The normalized spacial score (nSPS) is 10.1. The van der Waals surface area contributed by atoms with Gasteiger partial charge < -0.3 is 10.6 Å². The molecular formula is C13H12FN3S. The molecule has 1 aromatic carbocycles. The molecule has 2 N–H and O–H groups in total. The van der Waals surface area contributed by atoms with E-state index < -0.39 is 5.82 Å². The lowest BCUT2D eigenvalue weighted by Crippen LogP contribution is -2.14. The molecule has 0 radical (unpaired) electrons. The second kappa shape index (κ2) is 5.10. The van der Waals surface area contributed by atoms with Gasteiger partial charge in [-0.25, -0.2) is 4.39 Å². The number of hydrogen-bond donors (Lipinski definition) is 1. The Balaban J connectivity index is 2.35. The average molecular weight is 261 g/mol. The maximum atomic E-state index is 13.8. The number of aromatic nitrogens is 1. The SMILES string of the molecule is CN(c1cccnc1)c1ccc(C(N)=S)c(F)c1. The number of rotatable bonds is 3. The zero-order valence-electron chi connectivity index (χ0n) is 9.80. The molecule has 0 saturated heterocycles. The zero-order valence-corrected chi connectivity index (χ0v) is 10.6. The molecule has 0 atom stereocenters. The van der Waals surface area contributed by atoms with Crippen LogP contribution in [0.4, 0.5) is 15.8 Å². The van der Waals surface area contributed by atoms with E-state index in [1.807, 2.05) is 24.1 Å². The Morgan fingerprint density at radius 1 is 1.33 bits per heavy atom. The fraction of sp³-hybridized carbons (Fsp3) is 0.0769. The van der Waals surface area contributed by atoms with Gasteiger partial charge in [-0.05, 0) is 30.3 Å². The molecule has 0 amide bonds. The predicted octanol–water partition coefficient (Wildman–Crippen LogP) is 2.62. The van der Waals surface area contributed by atoms with E-state index in [0.29, 0.717) is 5.69 Å². The Labute approximate surface area is 110 Å². The Morgan fingerprint density at radius 2 is 2.11 bits per heavy atom. The lowest BCUT2D eigenvalue weighted by Gasteiger charge is -2.19. The molecule has 0 aliphatic carbocycles. The van der Waals surface area contributed by atoms with Gasteiger partial charge in [-0.1, -0.05) is 12.2 Å². The summed E-state index contributed by atoms with van der Waals surface area (Å²) in [5, 5.41) is 0. The van der Waals surface area contributed by atoms with Gasteiger partial charge in [0.2, 0.25) is 0 Å². The number of hydrogen-bond acceptors (Lipinski definition) is 3. The van der Waals surface area contributed by atoms with Gasteiger partial charge in [0, 0.05) is 24.5 Å². The molecule has 0 unspecified atom stereocenters. The van der Waals surface area contributed by atoms with Crippen LogP contribution in [0.3, 0.4) is 0 Å². The maximum Gasteiger partial charge on any atom is 0.135 e. The van der Waals surface area contributed by atoms with Crippen LogP contribution >= 0.6 is 12.2 Å². The summed E-state index contributed by atoms with van der Waals surface area (Å²) in [6.45, 7) is 0. The summed E-state index contributed by atoms with van der Waals surface area (Å²) < 4.78 is 13.8. The number of benzene rings is 1. The van der Waals surface area contributed by atoms with Gasteiger partial charge in [0.15, 0.2) is 0 Å². The fourth-order valence-electron chi connectivity index (χ4n) is 1.61. The Morgan fingerprint density at radius 3 is 2.67 bits per heavy atom. The molecule has 2 rings (SSSR count). The van der Waals surface area contributed by atoms with Crippen LogP contribution < -0.4 is 10.6 Å². The van der Waals surface area contributed by atoms with Crippen molar-refractivity contribution in [3.8, 4) is 0 Å².